The second kappa shape index (κ2) is 4.67. The molecule has 0 bridgehead atoms. The second-order valence-electron chi connectivity index (χ2n) is 3.24. The topological polar surface area (TPSA) is 45.4 Å². The van der Waals surface area contributed by atoms with Gasteiger partial charge in [0.05, 0.1) is 12.5 Å². The summed E-state index contributed by atoms with van der Waals surface area (Å²) in [7, 11) is 0. The van der Waals surface area contributed by atoms with Gasteiger partial charge in [-0.2, -0.15) is 13.2 Å². The Morgan fingerprint density at radius 2 is 2.20 bits per heavy atom. The molecule has 2 atom stereocenters. The Hall–Kier alpha value is -1.01. The van der Waals surface area contributed by atoms with Crippen molar-refractivity contribution in [1.29, 1.82) is 0 Å². The Kier molecular flexibility index (Phi) is 3.76. The van der Waals surface area contributed by atoms with Gasteiger partial charge in [0.15, 0.2) is 6.10 Å². The number of hydrogen-bond acceptors (Lipinski definition) is 3. The largest absolute Gasteiger partial charge is 0.472 e. The van der Waals surface area contributed by atoms with Crippen LogP contribution in [-0.2, 0) is 0 Å². The molecule has 2 N–H and O–H groups in total. The molecule has 0 saturated heterocycles. The molecule has 0 saturated carbocycles. The molecule has 0 aliphatic carbocycles. The summed E-state index contributed by atoms with van der Waals surface area (Å²) in [6.45, 7) is 1.16. The van der Waals surface area contributed by atoms with E-state index in [1.54, 1.807) is 13.0 Å². The van der Waals surface area contributed by atoms with Crippen molar-refractivity contribution in [1.82, 2.24) is 5.32 Å². The van der Waals surface area contributed by atoms with Gasteiger partial charge < -0.3 is 14.8 Å². The summed E-state index contributed by atoms with van der Waals surface area (Å²) < 4.78 is 40.6. The van der Waals surface area contributed by atoms with E-state index in [0.29, 0.717) is 0 Å². The van der Waals surface area contributed by atoms with Crippen molar-refractivity contribution in [3.63, 3.8) is 0 Å². The highest BCUT2D eigenvalue weighted by molar-refractivity contribution is 5.10. The van der Waals surface area contributed by atoms with E-state index in [1.807, 2.05) is 0 Å². The Morgan fingerprint density at radius 1 is 1.53 bits per heavy atom. The van der Waals surface area contributed by atoms with Gasteiger partial charge in [0.1, 0.15) is 0 Å². The van der Waals surface area contributed by atoms with Crippen molar-refractivity contribution in [2.75, 3.05) is 6.54 Å². The van der Waals surface area contributed by atoms with Crippen molar-refractivity contribution in [3.8, 4) is 0 Å². The smallest absolute Gasteiger partial charge is 0.415 e. The first-order valence-corrected chi connectivity index (χ1v) is 4.41. The van der Waals surface area contributed by atoms with Crippen LogP contribution >= 0.6 is 0 Å². The van der Waals surface area contributed by atoms with E-state index < -0.39 is 18.8 Å². The molecule has 0 fully saturated rings. The number of alkyl halides is 3. The predicted octanol–water partition coefficient (Wildman–Crippen LogP) is 1.85. The summed E-state index contributed by atoms with van der Waals surface area (Å²) >= 11 is 0. The molecule has 15 heavy (non-hydrogen) atoms. The maximum Gasteiger partial charge on any atom is 0.415 e. The summed E-state index contributed by atoms with van der Waals surface area (Å²) in [5.41, 5.74) is 0.740. The fourth-order valence-electron chi connectivity index (χ4n) is 1.04. The van der Waals surface area contributed by atoms with Crippen LogP contribution in [0.3, 0.4) is 0 Å². The quantitative estimate of drug-likeness (QED) is 0.818. The Morgan fingerprint density at radius 3 is 2.67 bits per heavy atom. The molecule has 0 aliphatic rings. The van der Waals surface area contributed by atoms with Crippen LogP contribution in [0, 0.1) is 0 Å². The molecule has 1 aromatic heterocycles. The highest BCUT2D eigenvalue weighted by Crippen LogP contribution is 2.20. The first-order chi connectivity index (χ1) is 6.91. The highest BCUT2D eigenvalue weighted by Gasteiger charge is 2.37. The summed E-state index contributed by atoms with van der Waals surface area (Å²) in [6.07, 6.45) is -4.04. The van der Waals surface area contributed by atoms with E-state index >= 15 is 0 Å². The molecule has 86 valence electrons. The maximum atomic E-state index is 11.9. The molecule has 1 aromatic rings. The van der Waals surface area contributed by atoms with Gasteiger partial charge in [-0.25, -0.2) is 0 Å². The SMILES string of the molecule is CC(NCC(O)C(F)(F)F)c1ccoc1. The van der Waals surface area contributed by atoms with E-state index in [1.165, 1.54) is 12.5 Å². The van der Waals surface area contributed by atoms with Crippen LogP contribution in [0.25, 0.3) is 0 Å². The predicted molar refractivity (Wildman–Crippen MR) is 47.2 cm³/mol. The van der Waals surface area contributed by atoms with E-state index in [4.69, 9.17) is 9.52 Å². The number of aliphatic hydroxyl groups excluding tert-OH is 1. The van der Waals surface area contributed by atoms with Crippen LogP contribution in [0.5, 0.6) is 0 Å². The molecule has 0 amide bonds. The lowest BCUT2D eigenvalue weighted by atomic mass is 10.2. The highest BCUT2D eigenvalue weighted by atomic mass is 19.4. The van der Waals surface area contributed by atoms with Crippen molar-refractivity contribution in [3.05, 3.63) is 24.2 Å². The van der Waals surface area contributed by atoms with E-state index in [9.17, 15) is 13.2 Å². The number of rotatable bonds is 4. The van der Waals surface area contributed by atoms with Crippen molar-refractivity contribution in [2.24, 2.45) is 0 Å². The lowest BCUT2D eigenvalue weighted by Gasteiger charge is -2.18. The Balaban J connectivity index is 2.38. The fraction of sp³-hybridized carbons (Fsp3) is 0.556. The lowest BCUT2D eigenvalue weighted by Crippen LogP contribution is -2.39. The molecular weight excluding hydrogens is 211 g/mol. The first-order valence-electron chi connectivity index (χ1n) is 4.41. The van der Waals surface area contributed by atoms with Crippen LogP contribution in [0.2, 0.25) is 0 Å². The third-order valence-corrected chi connectivity index (χ3v) is 2.04. The minimum atomic E-state index is -4.58. The molecule has 1 rings (SSSR count). The van der Waals surface area contributed by atoms with E-state index in [-0.39, 0.29) is 6.04 Å². The molecule has 3 nitrogen and oxygen atoms in total. The normalized spacial score (nSPS) is 16.3. The van der Waals surface area contributed by atoms with Gasteiger partial charge in [-0.3, -0.25) is 0 Å². The third kappa shape index (κ3) is 3.56. The standard InChI is InChI=1S/C9H12F3NO2/c1-6(7-2-3-15-5-7)13-4-8(14)9(10,11)12/h2-3,5-6,8,13-14H,4H2,1H3. The molecule has 0 spiro atoms. The third-order valence-electron chi connectivity index (χ3n) is 2.04. The van der Waals surface area contributed by atoms with Gasteiger partial charge in [-0.15, -0.1) is 0 Å². The minimum Gasteiger partial charge on any atom is -0.472 e. The zero-order chi connectivity index (χ0) is 11.5. The minimum absolute atomic E-state index is 0.291. The zero-order valence-electron chi connectivity index (χ0n) is 8.08. The summed E-state index contributed by atoms with van der Waals surface area (Å²) in [4.78, 5) is 0. The van der Waals surface area contributed by atoms with Gasteiger partial charge in [-0.05, 0) is 13.0 Å². The zero-order valence-corrected chi connectivity index (χ0v) is 8.08. The number of halogens is 3. The average Bonchev–Trinajstić information content (AvgIpc) is 2.64. The van der Waals surface area contributed by atoms with Crippen LogP contribution < -0.4 is 5.32 Å². The molecule has 0 aliphatic heterocycles. The number of aliphatic hydroxyl groups is 1. The van der Waals surface area contributed by atoms with Gasteiger partial charge in [0.25, 0.3) is 0 Å². The van der Waals surface area contributed by atoms with E-state index in [0.717, 1.165) is 5.56 Å². The van der Waals surface area contributed by atoms with Crippen molar-refractivity contribution >= 4 is 0 Å². The number of nitrogens with one attached hydrogen (secondary N) is 1. The summed E-state index contributed by atoms with van der Waals surface area (Å²) in [5.74, 6) is 0. The fourth-order valence-corrected chi connectivity index (χ4v) is 1.04. The number of furan rings is 1. The molecule has 0 radical (unpaired) electrons. The maximum absolute atomic E-state index is 11.9. The average molecular weight is 223 g/mol. The van der Waals surface area contributed by atoms with Gasteiger partial charge in [0, 0.05) is 18.2 Å². The molecule has 6 heteroatoms. The van der Waals surface area contributed by atoms with Gasteiger partial charge in [-0.1, -0.05) is 0 Å². The summed E-state index contributed by atoms with van der Waals surface area (Å²) in [6, 6.07) is 1.36. The Labute approximate surface area is 84.9 Å². The lowest BCUT2D eigenvalue weighted by molar-refractivity contribution is -0.202. The first kappa shape index (κ1) is 12.1. The molecular formula is C9H12F3NO2. The molecule has 0 aromatic carbocycles. The number of hydrogen-bond donors (Lipinski definition) is 2. The van der Waals surface area contributed by atoms with Crippen LogP contribution in [-0.4, -0.2) is 23.9 Å². The van der Waals surface area contributed by atoms with Crippen LogP contribution in [0.1, 0.15) is 18.5 Å². The van der Waals surface area contributed by atoms with Crippen molar-refractivity contribution in [2.45, 2.75) is 25.2 Å². The monoisotopic (exact) mass is 223 g/mol. The van der Waals surface area contributed by atoms with Crippen LogP contribution in [0.15, 0.2) is 23.0 Å². The van der Waals surface area contributed by atoms with Crippen molar-refractivity contribution < 1.29 is 22.7 Å². The summed E-state index contributed by atoms with van der Waals surface area (Å²) in [5, 5.41) is 11.3. The molecule has 1 heterocycles. The molecule has 2 unspecified atom stereocenters. The van der Waals surface area contributed by atoms with Gasteiger partial charge >= 0.3 is 6.18 Å². The Bertz CT molecular complexity index is 284. The van der Waals surface area contributed by atoms with E-state index in [2.05, 4.69) is 5.32 Å². The second-order valence-corrected chi connectivity index (χ2v) is 3.24. The van der Waals surface area contributed by atoms with Gasteiger partial charge in [0.2, 0.25) is 0 Å². The van der Waals surface area contributed by atoms with Crippen LogP contribution in [0.4, 0.5) is 13.2 Å².